The highest BCUT2D eigenvalue weighted by atomic mass is 16.3. The average molecular weight is 256 g/mol. The molecule has 0 aromatic carbocycles. The van der Waals surface area contributed by atoms with E-state index in [1.807, 2.05) is 9.80 Å². The van der Waals surface area contributed by atoms with Crippen LogP contribution in [0.4, 0.5) is 4.79 Å². The van der Waals surface area contributed by atoms with Gasteiger partial charge in [0.25, 0.3) is 0 Å². The summed E-state index contributed by atoms with van der Waals surface area (Å²) in [6.45, 7) is 8.64. The molecule has 1 aliphatic heterocycles. The Labute approximate surface area is 111 Å². The lowest BCUT2D eigenvalue weighted by atomic mass is 10.0. The highest BCUT2D eigenvalue weighted by molar-refractivity contribution is 5.75. The molecular formula is C14H28N2O2. The van der Waals surface area contributed by atoms with Crippen molar-refractivity contribution in [2.45, 2.75) is 52.5 Å². The third-order valence-electron chi connectivity index (χ3n) is 3.90. The highest BCUT2D eigenvalue weighted by Gasteiger charge is 2.28. The Balaban J connectivity index is 2.68. The summed E-state index contributed by atoms with van der Waals surface area (Å²) >= 11 is 0. The molecule has 1 heterocycles. The Morgan fingerprint density at radius 2 is 2.11 bits per heavy atom. The molecule has 1 N–H and O–H groups in total. The van der Waals surface area contributed by atoms with Crippen LogP contribution in [0.5, 0.6) is 0 Å². The largest absolute Gasteiger partial charge is 0.395 e. The van der Waals surface area contributed by atoms with Crippen molar-refractivity contribution >= 4 is 6.03 Å². The van der Waals surface area contributed by atoms with E-state index in [-0.39, 0.29) is 18.7 Å². The van der Waals surface area contributed by atoms with Crippen molar-refractivity contribution in [3.8, 4) is 0 Å². The van der Waals surface area contributed by atoms with Gasteiger partial charge in [0.15, 0.2) is 0 Å². The third-order valence-corrected chi connectivity index (χ3v) is 3.90. The number of aliphatic hydroxyl groups is 1. The first-order valence-electron chi connectivity index (χ1n) is 7.30. The van der Waals surface area contributed by atoms with Gasteiger partial charge in [-0.05, 0) is 31.6 Å². The van der Waals surface area contributed by atoms with E-state index in [4.69, 9.17) is 5.11 Å². The maximum atomic E-state index is 12.5. The fourth-order valence-electron chi connectivity index (χ4n) is 2.82. The molecular weight excluding hydrogens is 228 g/mol. The van der Waals surface area contributed by atoms with Crippen molar-refractivity contribution in [2.24, 2.45) is 5.92 Å². The smallest absolute Gasteiger partial charge is 0.320 e. The van der Waals surface area contributed by atoms with Gasteiger partial charge in [-0.15, -0.1) is 0 Å². The average Bonchev–Trinajstić information content (AvgIpc) is 2.38. The maximum Gasteiger partial charge on any atom is 0.320 e. The van der Waals surface area contributed by atoms with Crippen LogP contribution in [0.1, 0.15) is 46.5 Å². The number of rotatable bonds is 5. The molecule has 0 aliphatic carbocycles. The molecule has 106 valence electrons. The lowest BCUT2D eigenvalue weighted by molar-refractivity contribution is 0.101. The van der Waals surface area contributed by atoms with Gasteiger partial charge in [-0.1, -0.05) is 20.8 Å². The molecule has 1 saturated heterocycles. The molecule has 1 aliphatic rings. The van der Waals surface area contributed by atoms with Crippen LogP contribution >= 0.6 is 0 Å². The number of amides is 2. The van der Waals surface area contributed by atoms with Crippen molar-refractivity contribution in [1.29, 1.82) is 0 Å². The summed E-state index contributed by atoms with van der Waals surface area (Å²) in [5.74, 6) is 0.598. The minimum Gasteiger partial charge on any atom is -0.395 e. The Bertz CT molecular complexity index is 254. The molecule has 0 bridgehead atoms. The van der Waals surface area contributed by atoms with Gasteiger partial charge < -0.3 is 14.9 Å². The number of carbonyl (C=O) groups excluding carboxylic acids is 1. The van der Waals surface area contributed by atoms with E-state index in [1.54, 1.807) is 0 Å². The summed E-state index contributed by atoms with van der Waals surface area (Å²) in [6, 6.07) is 0.367. The second-order valence-electron chi connectivity index (χ2n) is 5.36. The predicted octanol–water partition coefficient (Wildman–Crippen LogP) is 2.32. The molecule has 1 rings (SSSR count). The number of likely N-dealkylation sites (tertiary alicyclic amines) is 1. The Morgan fingerprint density at radius 1 is 1.44 bits per heavy atom. The molecule has 18 heavy (non-hydrogen) atoms. The third kappa shape index (κ3) is 3.87. The summed E-state index contributed by atoms with van der Waals surface area (Å²) in [7, 11) is 0. The quantitative estimate of drug-likeness (QED) is 0.820. The number of urea groups is 1. The zero-order valence-corrected chi connectivity index (χ0v) is 12.1. The van der Waals surface area contributed by atoms with Crippen molar-refractivity contribution in [1.82, 2.24) is 9.80 Å². The van der Waals surface area contributed by atoms with Gasteiger partial charge in [-0.3, -0.25) is 0 Å². The van der Waals surface area contributed by atoms with E-state index in [9.17, 15) is 4.79 Å². The van der Waals surface area contributed by atoms with Crippen LogP contribution in [0.3, 0.4) is 0 Å². The molecule has 0 saturated carbocycles. The SMILES string of the molecule is CCC(CC)N(CCO)C(=O)N1CCCC(C)C1. The fourth-order valence-corrected chi connectivity index (χ4v) is 2.82. The fraction of sp³-hybridized carbons (Fsp3) is 0.929. The highest BCUT2D eigenvalue weighted by Crippen LogP contribution is 2.19. The van der Waals surface area contributed by atoms with E-state index in [1.165, 1.54) is 6.42 Å². The van der Waals surface area contributed by atoms with Crippen LogP contribution in [-0.4, -0.2) is 53.2 Å². The van der Waals surface area contributed by atoms with Gasteiger partial charge in [0.2, 0.25) is 0 Å². The number of aliphatic hydroxyl groups excluding tert-OH is 1. The molecule has 0 radical (unpaired) electrons. The van der Waals surface area contributed by atoms with Crippen LogP contribution in [0.15, 0.2) is 0 Å². The topological polar surface area (TPSA) is 43.8 Å². The van der Waals surface area contributed by atoms with E-state index in [0.717, 1.165) is 32.4 Å². The molecule has 0 aromatic heterocycles. The van der Waals surface area contributed by atoms with E-state index >= 15 is 0 Å². The van der Waals surface area contributed by atoms with Gasteiger partial charge in [0.1, 0.15) is 0 Å². The molecule has 1 unspecified atom stereocenters. The first-order valence-corrected chi connectivity index (χ1v) is 7.30. The number of nitrogens with zero attached hydrogens (tertiary/aromatic N) is 2. The molecule has 2 amide bonds. The predicted molar refractivity (Wildman–Crippen MR) is 73.5 cm³/mol. The Morgan fingerprint density at radius 3 is 2.61 bits per heavy atom. The first kappa shape index (κ1) is 15.3. The lowest BCUT2D eigenvalue weighted by Crippen LogP contribution is -2.51. The number of piperidine rings is 1. The second kappa shape index (κ2) is 7.62. The van der Waals surface area contributed by atoms with Gasteiger partial charge in [-0.2, -0.15) is 0 Å². The number of carbonyl (C=O) groups is 1. The zero-order valence-electron chi connectivity index (χ0n) is 12.1. The Kier molecular flexibility index (Phi) is 6.47. The summed E-state index contributed by atoms with van der Waals surface area (Å²) in [4.78, 5) is 16.4. The van der Waals surface area contributed by atoms with Gasteiger partial charge in [0, 0.05) is 25.7 Å². The van der Waals surface area contributed by atoms with Crippen molar-refractivity contribution in [3.05, 3.63) is 0 Å². The van der Waals surface area contributed by atoms with Crippen molar-refractivity contribution in [3.63, 3.8) is 0 Å². The summed E-state index contributed by atoms with van der Waals surface area (Å²) in [5.41, 5.74) is 0. The van der Waals surface area contributed by atoms with Gasteiger partial charge >= 0.3 is 6.03 Å². The summed E-state index contributed by atoms with van der Waals surface area (Å²) in [6.07, 6.45) is 4.22. The Hall–Kier alpha value is -0.770. The van der Waals surface area contributed by atoms with E-state index < -0.39 is 0 Å². The van der Waals surface area contributed by atoms with Crippen molar-refractivity contribution < 1.29 is 9.90 Å². The molecule has 0 aromatic rings. The summed E-state index contributed by atoms with van der Waals surface area (Å²) in [5, 5.41) is 9.16. The molecule has 1 fully saturated rings. The molecule has 4 nitrogen and oxygen atoms in total. The van der Waals surface area contributed by atoms with Crippen LogP contribution in [-0.2, 0) is 0 Å². The maximum absolute atomic E-state index is 12.5. The van der Waals surface area contributed by atoms with E-state index in [2.05, 4.69) is 20.8 Å². The minimum absolute atomic E-state index is 0.0473. The van der Waals surface area contributed by atoms with Gasteiger partial charge in [0.05, 0.1) is 6.61 Å². The number of hydrogen-bond donors (Lipinski definition) is 1. The zero-order chi connectivity index (χ0) is 13.5. The first-order chi connectivity index (χ1) is 8.63. The van der Waals surface area contributed by atoms with Crippen LogP contribution in [0.2, 0.25) is 0 Å². The summed E-state index contributed by atoms with van der Waals surface area (Å²) < 4.78 is 0. The molecule has 0 spiro atoms. The van der Waals surface area contributed by atoms with Crippen LogP contribution < -0.4 is 0 Å². The van der Waals surface area contributed by atoms with Crippen LogP contribution in [0, 0.1) is 5.92 Å². The molecule has 4 heteroatoms. The van der Waals surface area contributed by atoms with Crippen molar-refractivity contribution in [2.75, 3.05) is 26.2 Å². The second-order valence-corrected chi connectivity index (χ2v) is 5.36. The van der Waals surface area contributed by atoms with E-state index in [0.29, 0.717) is 12.5 Å². The van der Waals surface area contributed by atoms with Gasteiger partial charge in [-0.25, -0.2) is 4.79 Å². The monoisotopic (exact) mass is 256 g/mol. The lowest BCUT2D eigenvalue weighted by Gasteiger charge is -2.38. The minimum atomic E-state index is 0.0473. The standard InChI is InChI=1S/C14H28N2O2/c1-4-13(5-2)16(9-10-17)14(18)15-8-6-7-12(3)11-15/h12-13,17H,4-11H2,1-3H3. The van der Waals surface area contributed by atoms with Crippen LogP contribution in [0.25, 0.3) is 0 Å². The normalized spacial score (nSPS) is 20.3. The number of hydrogen-bond acceptors (Lipinski definition) is 2. The molecule has 1 atom stereocenters.